The molecule has 7 nitrogen and oxygen atoms in total. The Morgan fingerprint density at radius 3 is 2.43 bits per heavy atom. The van der Waals surface area contributed by atoms with Gasteiger partial charge in [0.2, 0.25) is 5.91 Å². The van der Waals surface area contributed by atoms with Crippen LogP contribution in [0.5, 0.6) is 5.75 Å². The minimum atomic E-state index is -0.288. The zero-order chi connectivity index (χ0) is 16.8. The van der Waals surface area contributed by atoms with Crippen LogP contribution in [0.4, 0.5) is 0 Å². The van der Waals surface area contributed by atoms with Gasteiger partial charge in [0.25, 0.3) is 5.91 Å². The van der Waals surface area contributed by atoms with E-state index in [4.69, 9.17) is 5.11 Å². The number of aromatic nitrogens is 1. The Bertz CT molecular complexity index is 749. The van der Waals surface area contributed by atoms with Crippen LogP contribution in [0, 0.1) is 6.92 Å². The van der Waals surface area contributed by atoms with Crippen LogP contribution >= 0.6 is 11.3 Å². The Balaban J connectivity index is 1.73. The summed E-state index contributed by atoms with van der Waals surface area (Å²) in [5.41, 5.74) is 1.17. The van der Waals surface area contributed by atoms with Gasteiger partial charge in [-0.15, -0.1) is 0 Å². The number of hydrogen-bond acceptors (Lipinski definition) is 5. The van der Waals surface area contributed by atoms with Crippen molar-refractivity contribution >= 4 is 23.2 Å². The maximum absolute atomic E-state index is 11.8. The standard InChI is InChI=1S/C15H17N3O4S/c1-10-9-23-15(22)18(10)8-13(20)16-6-7-17-14(21)11-2-4-12(19)5-3-11/h2-5,9,19H,6-8H2,1H3,(H,16,20)(H,17,21). The van der Waals surface area contributed by atoms with Crippen molar-refractivity contribution in [2.24, 2.45) is 0 Å². The Labute approximate surface area is 136 Å². The maximum Gasteiger partial charge on any atom is 0.307 e. The summed E-state index contributed by atoms with van der Waals surface area (Å²) in [7, 11) is 0. The Morgan fingerprint density at radius 2 is 1.83 bits per heavy atom. The normalized spacial score (nSPS) is 10.3. The molecule has 1 heterocycles. The lowest BCUT2D eigenvalue weighted by molar-refractivity contribution is -0.121. The number of phenolic OH excluding ortho intramolecular Hbond substituents is 1. The third-order valence-electron chi connectivity index (χ3n) is 3.14. The minimum Gasteiger partial charge on any atom is -0.508 e. The lowest BCUT2D eigenvalue weighted by Gasteiger charge is -2.08. The molecule has 0 unspecified atom stereocenters. The maximum atomic E-state index is 11.8. The Morgan fingerprint density at radius 1 is 1.17 bits per heavy atom. The fourth-order valence-corrected chi connectivity index (χ4v) is 2.62. The van der Waals surface area contributed by atoms with Crippen molar-refractivity contribution in [2.75, 3.05) is 13.1 Å². The largest absolute Gasteiger partial charge is 0.508 e. The quantitative estimate of drug-likeness (QED) is 0.668. The Hall–Kier alpha value is -2.61. The molecule has 1 aromatic heterocycles. The molecule has 8 heteroatoms. The number of rotatable bonds is 6. The van der Waals surface area contributed by atoms with Crippen LogP contribution in [0.15, 0.2) is 34.4 Å². The second-order valence-electron chi connectivity index (χ2n) is 4.88. The van der Waals surface area contributed by atoms with Gasteiger partial charge in [0.05, 0.1) is 0 Å². The first-order chi connectivity index (χ1) is 11.0. The molecule has 0 aliphatic heterocycles. The first-order valence-electron chi connectivity index (χ1n) is 6.96. The first-order valence-corrected chi connectivity index (χ1v) is 7.84. The van der Waals surface area contributed by atoms with Crippen LogP contribution in [-0.4, -0.2) is 34.6 Å². The number of nitrogens with zero attached hydrogens (tertiary/aromatic N) is 1. The molecular formula is C15H17N3O4S. The van der Waals surface area contributed by atoms with Gasteiger partial charge in [0, 0.05) is 29.7 Å². The topological polar surface area (TPSA) is 100 Å². The van der Waals surface area contributed by atoms with Gasteiger partial charge in [-0.25, -0.2) is 0 Å². The highest BCUT2D eigenvalue weighted by molar-refractivity contribution is 7.07. The highest BCUT2D eigenvalue weighted by atomic mass is 32.1. The van der Waals surface area contributed by atoms with E-state index in [2.05, 4.69) is 10.6 Å². The zero-order valence-corrected chi connectivity index (χ0v) is 13.4. The fourth-order valence-electron chi connectivity index (χ4n) is 1.89. The number of amides is 2. The summed E-state index contributed by atoms with van der Waals surface area (Å²) in [6.07, 6.45) is 0. The van der Waals surface area contributed by atoms with Gasteiger partial charge >= 0.3 is 4.87 Å². The highest BCUT2D eigenvalue weighted by Crippen LogP contribution is 2.09. The average Bonchev–Trinajstić information content (AvgIpc) is 2.84. The number of aryl methyl sites for hydroxylation is 1. The van der Waals surface area contributed by atoms with E-state index in [1.165, 1.54) is 28.8 Å². The molecule has 0 bridgehead atoms. The number of phenols is 1. The summed E-state index contributed by atoms with van der Waals surface area (Å²) < 4.78 is 1.40. The third kappa shape index (κ3) is 4.68. The molecule has 0 radical (unpaired) electrons. The molecule has 0 atom stereocenters. The van der Waals surface area contributed by atoms with Gasteiger partial charge in [-0.2, -0.15) is 0 Å². The van der Waals surface area contributed by atoms with E-state index in [-0.39, 0.29) is 42.1 Å². The molecule has 0 fully saturated rings. The van der Waals surface area contributed by atoms with Crippen LogP contribution in [-0.2, 0) is 11.3 Å². The average molecular weight is 335 g/mol. The third-order valence-corrected chi connectivity index (χ3v) is 4.02. The number of aromatic hydroxyl groups is 1. The molecule has 0 aliphatic rings. The van der Waals surface area contributed by atoms with Crippen molar-refractivity contribution in [3.63, 3.8) is 0 Å². The fraction of sp³-hybridized carbons (Fsp3) is 0.267. The van der Waals surface area contributed by atoms with Crippen molar-refractivity contribution in [3.8, 4) is 5.75 Å². The number of hydrogen-bond donors (Lipinski definition) is 3. The van der Waals surface area contributed by atoms with Crippen LogP contribution < -0.4 is 15.5 Å². The van der Waals surface area contributed by atoms with E-state index in [0.29, 0.717) is 5.56 Å². The number of nitrogens with one attached hydrogen (secondary N) is 2. The van der Waals surface area contributed by atoms with Crippen molar-refractivity contribution in [2.45, 2.75) is 13.5 Å². The summed E-state index contributed by atoms with van der Waals surface area (Å²) in [5, 5.41) is 16.2. The number of benzene rings is 1. The smallest absolute Gasteiger partial charge is 0.307 e. The second-order valence-corrected chi connectivity index (χ2v) is 5.70. The molecule has 0 saturated carbocycles. The van der Waals surface area contributed by atoms with Crippen LogP contribution in [0.1, 0.15) is 16.1 Å². The zero-order valence-electron chi connectivity index (χ0n) is 12.5. The van der Waals surface area contributed by atoms with E-state index >= 15 is 0 Å². The number of carbonyl (C=O) groups excluding carboxylic acids is 2. The van der Waals surface area contributed by atoms with E-state index in [1.54, 1.807) is 12.3 Å². The Kier molecular flexibility index (Phi) is 5.53. The van der Waals surface area contributed by atoms with E-state index in [9.17, 15) is 14.4 Å². The van der Waals surface area contributed by atoms with Gasteiger partial charge in [-0.05, 0) is 31.2 Å². The predicted molar refractivity (Wildman–Crippen MR) is 86.8 cm³/mol. The van der Waals surface area contributed by atoms with Gasteiger partial charge in [-0.1, -0.05) is 11.3 Å². The van der Waals surface area contributed by atoms with Crippen LogP contribution in [0.25, 0.3) is 0 Å². The lowest BCUT2D eigenvalue weighted by Crippen LogP contribution is -2.37. The van der Waals surface area contributed by atoms with Gasteiger partial charge < -0.3 is 15.7 Å². The van der Waals surface area contributed by atoms with Gasteiger partial charge in [0.1, 0.15) is 12.3 Å². The summed E-state index contributed by atoms with van der Waals surface area (Å²) in [4.78, 5) is 34.9. The molecule has 2 amide bonds. The molecule has 0 aliphatic carbocycles. The van der Waals surface area contributed by atoms with Crippen molar-refractivity contribution in [3.05, 3.63) is 50.6 Å². The lowest BCUT2D eigenvalue weighted by atomic mass is 10.2. The van der Waals surface area contributed by atoms with Crippen LogP contribution in [0.2, 0.25) is 0 Å². The summed E-state index contributed by atoms with van der Waals surface area (Å²) >= 11 is 1.06. The molecule has 23 heavy (non-hydrogen) atoms. The summed E-state index contributed by atoms with van der Waals surface area (Å²) in [6, 6.07) is 5.87. The minimum absolute atomic E-state index is 0.0277. The van der Waals surface area contributed by atoms with E-state index < -0.39 is 0 Å². The van der Waals surface area contributed by atoms with Gasteiger partial charge in [0.15, 0.2) is 0 Å². The second kappa shape index (κ2) is 7.59. The molecule has 0 saturated heterocycles. The molecule has 2 rings (SSSR count). The van der Waals surface area contributed by atoms with Crippen LogP contribution in [0.3, 0.4) is 0 Å². The SMILES string of the molecule is Cc1csc(=O)n1CC(=O)NCCNC(=O)c1ccc(O)cc1. The summed E-state index contributed by atoms with van der Waals surface area (Å²) in [6.45, 7) is 2.27. The molecular weight excluding hydrogens is 318 g/mol. The summed E-state index contributed by atoms with van der Waals surface area (Å²) in [5.74, 6) is -0.482. The molecule has 0 spiro atoms. The van der Waals surface area contributed by atoms with Crippen molar-refractivity contribution in [1.29, 1.82) is 0 Å². The van der Waals surface area contributed by atoms with Crippen molar-refractivity contribution < 1.29 is 14.7 Å². The van der Waals surface area contributed by atoms with Gasteiger partial charge in [-0.3, -0.25) is 19.0 Å². The highest BCUT2D eigenvalue weighted by Gasteiger charge is 2.08. The first kappa shape index (κ1) is 16.8. The molecule has 3 N–H and O–H groups in total. The molecule has 2 aromatic rings. The number of thiazole rings is 1. The monoisotopic (exact) mass is 335 g/mol. The van der Waals surface area contributed by atoms with E-state index in [1.807, 2.05) is 0 Å². The molecule has 122 valence electrons. The molecule has 1 aromatic carbocycles. The van der Waals surface area contributed by atoms with Crippen molar-refractivity contribution in [1.82, 2.24) is 15.2 Å². The number of carbonyl (C=O) groups is 2. The predicted octanol–water partition coefficient (Wildman–Crippen LogP) is 0.470. The van der Waals surface area contributed by atoms with E-state index in [0.717, 1.165) is 17.0 Å².